The highest BCUT2D eigenvalue weighted by Crippen LogP contribution is 2.17. The van der Waals surface area contributed by atoms with Crippen molar-refractivity contribution in [3.05, 3.63) is 35.4 Å². The Morgan fingerprint density at radius 2 is 2.09 bits per heavy atom. The standard InChI is InChI=1S/C15H20F2N2O3S/c1-10(12-2-3-13(16)14(17)6-12)18-8-15(20)19-7-11-4-5-23(21,22)9-11/h2-3,6,10-11,18H,4-5,7-9H2,1H3,(H,19,20)/t10-,11-/m1/s1. The largest absolute Gasteiger partial charge is 0.355 e. The minimum atomic E-state index is -2.95. The van der Waals surface area contributed by atoms with E-state index in [1.54, 1.807) is 6.92 Å². The summed E-state index contributed by atoms with van der Waals surface area (Å²) in [7, 11) is -2.95. The van der Waals surface area contributed by atoms with E-state index in [4.69, 9.17) is 0 Å². The van der Waals surface area contributed by atoms with Crippen molar-refractivity contribution >= 4 is 15.7 Å². The van der Waals surface area contributed by atoms with E-state index >= 15 is 0 Å². The number of benzene rings is 1. The van der Waals surface area contributed by atoms with Crippen LogP contribution in [-0.4, -0.2) is 38.9 Å². The first kappa shape index (κ1) is 17.8. The van der Waals surface area contributed by atoms with E-state index in [9.17, 15) is 22.0 Å². The summed E-state index contributed by atoms with van der Waals surface area (Å²) in [4.78, 5) is 11.8. The summed E-state index contributed by atoms with van der Waals surface area (Å²) in [6, 6.07) is 3.28. The van der Waals surface area contributed by atoms with Crippen LogP contribution >= 0.6 is 0 Å². The summed E-state index contributed by atoms with van der Waals surface area (Å²) in [6.45, 7) is 2.09. The van der Waals surface area contributed by atoms with Gasteiger partial charge in [-0.15, -0.1) is 0 Å². The van der Waals surface area contributed by atoms with E-state index in [1.165, 1.54) is 6.07 Å². The lowest BCUT2D eigenvalue weighted by molar-refractivity contribution is -0.120. The Labute approximate surface area is 134 Å². The molecule has 1 heterocycles. The highest BCUT2D eigenvalue weighted by molar-refractivity contribution is 7.91. The molecule has 0 spiro atoms. The molecule has 0 saturated carbocycles. The Morgan fingerprint density at radius 1 is 1.35 bits per heavy atom. The third kappa shape index (κ3) is 5.24. The maximum absolute atomic E-state index is 13.2. The van der Waals surface area contributed by atoms with Crippen molar-refractivity contribution in [1.82, 2.24) is 10.6 Å². The fourth-order valence-electron chi connectivity index (χ4n) is 2.50. The Bertz CT molecular complexity index is 679. The molecule has 1 aromatic rings. The number of carbonyl (C=O) groups is 1. The molecule has 5 nitrogen and oxygen atoms in total. The van der Waals surface area contributed by atoms with Crippen LogP contribution in [-0.2, 0) is 14.6 Å². The summed E-state index contributed by atoms with van der Waals surface area (Å²) in [6.07, 6.45) is 0.571. The highest BCUT2D eigenvalue weighted by Gasteiger charge is 2.27. The number of nitrogens with one attached hydrogen (secondary N) is 2. The quantitative estimate of drug-likeness (QED) is 0.811. The molecule has 2 atom stereocenters. The monoisotopic (exact) mass is 346 g/mol. The Kier molecular flexibility index (Phi) is 5.69. The lowest BCUT2D eigenvalue weighted by Crippen LogP contribution is -2.37. The number of halogens is 2. The van der Waals surface area contributed by atoms with Gasteiger partial charge in [-0.05, 0) is 37.0 Å². The SMILES string of the molecule is C[C@@H](NCC(=O)NC[C@H]1CCS(=O)(=O)C1)c1ccc(F)c(F)c1. The van der Waals surface area contributed by atoms with Crippen molar-refractivity contribution in [3.63, 3.8) is 0 Å². The molecular weight excluding hydrogens is 326 g/mol. The summed E-state index contributed by atoms with van der Waals surface area (Å²) >= 11 is 0. The summed E-state index contributed by atoms with van der Waals surface area (Å²) in [5.41, 5.74) is 0.540. The molecule has 0 bridgehead atoms. The van der Waals surface area contributed by atoms with Crippen LogP contribution in [0.4, 0.5) is 8.78 Å². The second-order valence-corrected chi connectivity index (χ2v) is 8.08. The summed E-state index contributed by atoms with van der Waals surface area (Å²) in [5.74, 6) is -1.84. The topological polar surface area (TPSA) is 75.3 Å². The van der Waals surface area contributed by atoms with Gasteiger partial charge in [0.05, 0.1) is 18.1 Å². The molecule has 2 N–H and O–H groups in total. The Balaban J connectivity index is 1.74. The zero-order chi connectivity index (χ0) is 17.0. The number of hydrogen-bond acceptors (Lipinski definition) is 4. The summed E-state index contributed by atoms with van der Waals surface area (Å²) in [5, 5.41) is 5.61. The lowest BCUT2D eigenvalue weighted by Gasteiger charge is -2.15. The smallest absolute Gasteiger partial charge is 0.233 e. The first-order chi connectivity index (χ1) is 10.8. The molecule has 2 rings (SSSR count). The van der Waals surface area contributed by atoms with Gasteiger partial charge in [0.1, 0.15) is 0 Å². The van der Waals surface area contributed by atoms with Crippen LogP contribution in [0.2, 0.25) is 0 Å². The molecule has 0 radical (unpaired) electrons. The van der Waals surface area contributed by atoms with Crippen molar-refractivity contribution < 1.29 is 22.0 Å². The second-order valence-electron chi connectivity index (χ2n) is 5.85. The van der Waals surface area contributed by atoms with Gasteiger partial charge in [0, 0.05) is 12.6 Å². The van der Waals surface area contributed by atoms with E-state index in [2.05, 4.69) is 10.6 Å². The van der Waals surface area contributed by atoms with Gasteiger partial charge in [0.2, 0.25) is 5.91 Å². The predicted octanol–water partition coefficient (Wildman–Crippen LogP) is 1.17. The molecule has 1 saturated heterocycles. The van der Waals surface area contributed by atoms with Crippen LogP contribution in [0, 0.1) is 17.6 Å². The van der Waals surface area contributed by atoms with Crippen molar-refractivity contribution in [2.45, 2.75) is 19.4 Å². The van der Waals surface area contributed by atoms with Gasteiger partial charge in [-0.2, -0.15) is 0 Å². The number of carbonyl (C=O) groups excluding carboxylic acids is 1. The fourth-order valence-corrected chi connectivity index (χ4v) is 4.36. The molecule has 1 aliphatic rings. The van der Waals surface area contributed by atoms with Gasteiger partial charge >= 0.3 is 0 Å². The van der Waals surface area contributed by atoms with Gasteiger partial charge in [0.25, 0.3) is 0 Å². The van der Waals surface area contributed by atoms with E-state index in [1.807, 2.05) is 0 Å². The van der Waals surface area contributed by atoms with Gasteiger partial charge in [-0.3, -0.25) is 4.79 Å². The minimum absolute atomic E-state index is 0.0135. The van der Waals surface area contributed by atoms with Gasteiger partial charge in [-0.1, -0.05) is 6.07 Å². The molecule has 0 unspecified atom stereocenters. The molecule has 128 valence electrons. The average Bonchev–Trinajstić information content (AvgIpc) is 2.84. The van der Waals surface area contributed by atoms with Crippen LogP contribution in [0.1, 0.15) is 24.9 Å². The van der Waals surface area contributed by atoms with Crippen LogP contribution in [0.15, 0.2) is 18.2 Å². The molecular formula is C15H20F2N2O3S. The van der Waals surface area contributed by atoms with Crippen LogP contribution in [0.5, 0.6) is 0 Å². The van der Waals surface area contributed by atoms with Crippen LogP contribution in [0.25, 0.3) is 0 Å². The number of sulfone groups is 1. The van der Waals surface area contributed by atoms with E-state index in [0.717, 1.165) is 12.1 Å². The van der Waals surface area contributed by atoms with Gasteiger partial charge in [0.15, 0.2) is 21.5 Å². The minimum Gasteiger partial charge on any atom is -0.355 e. The normalized spacial score (nSPS) is 21.1. The molecule has 0 aromatic heterocycles. The molecule has 8 heteroatoms. The first-order valence-corrected chi connectivity index (χ1v) is 9.24. The van der Waals surface area contributed by atoms with Gasteiger partial charge < -0.3 is 10.6 Å². The Hall–Kier alpha value is -1.54. The number of hydrogen-bond donors (Lipinski definition) is 2. The number of amides is 1. The van der Waals surface area contributed by atoms with Crippen molar-refractivity contribution in [2.24, 2.45) is 5.92 Å². The Morgan fingerprint density at radius 3 is 2.70 bits per heavy atom. The zero-order valence-corrected chi connectivity index (χ0v) is 13.6. The second kappa shape index (κ2) is 7.35. The number of rotatable bonds is 6. The highest BCUT2D eigenvalue weighted by atomic mass is 32.2. The molecule has 0 aliphatic carbocycles. The third-order valence-electron chi connectivity index (χ3n) is 3.93. The molecule has 1 aromatic carbocycles. The van der Waals surface area contributed by atoms with E-state index < -0.39 is 21.5 Å². The third-order valence-corrected chi connectivity index (χ3v) is 5.76. The zero-order valence-electron chi connectivity index (χ0n) is 12.8. The van der Waals surface area contributed by atoms with Gasteiger partial charge in [-0.25, -0.2) is 17.2 Å². The van der Waals surface area contributed by atoms with Crippen molar-refractivity contribution in [2.75, 3.05) is 24.6 Å². The van der Waals surface area contributed by atoms with E-state index in [-0.39, 0.29) is 35.9 Å². The van der Waals surface area contributed by atoms with Crippen LogP contribution in [0.3, 0.4) is 0 Å². The van der Waals surface area contributed by atoms with Crippen molar-refractivity contribution in [1.29, 1.82) is 0 Å². The maximum atomic E-state index is 13.2. The lowest BCUT2D eigenvalue weighted by atomic mass is 10.1. The molecule has 23 heavy (non-hydrogen) atoms. The predicted molar refractivity (Wildman–Crippen MR) is 82.5 cm³/mol. The molecule has 1 aliphatic heterocycles. The fraction of sp³-hybridized carbons (Fsp3) is 0.533. The van der Waals surface area contributed by atoms with Crippen molar-refractivity contribution in [3.8, 4) is 0 Å². The molecule has 1 amide bonds. The maximum Gasteiger partial charge on any atom is 0.233 e. The van der Waals surface area contributed by atoms with E-state index in [0.29, 0.717) is 18.5 Å². The first-order valence-electron chi connectivity index (χ1n) is 7.42. The van der Waals surface area contributed by atoms with Crippen LogP contribution < -0.4 is 10.6 Å². The molecule has 1 fully saturated rings. The summed E-state index contributed by atoms with van der Waals surface area (Å²) < 4.78 is 48.7. The average molecular weight is 346 g/mol.